The first kappa shape index (κ1) is 10.0. The molecule has 0 aliphatic heterocycles. The number of aliphatic hydroxyl groups excluding tert-OH is 1. The van der Waals surface area contributed by atoms with E-state index in [1.807, 2.05) is 0 Å². The summed E-state index contributed by atoms with van der Waals surface area (Å²) in [6.45, 7) is 4.01. The van der Waals surface area contributed by atoms with E-state index >= 15 is 0 Å². The van der Waals surface area contributed by atoms with Gasteiger partial charge >= 0.3 is 0 Å². The quantitative estimate of drug-likeness (QED) is 0.558. The van der Waals surface area contributed by atoms with Gasteiger partial charge in [0, 0.05) is 7.98 Å². The van der Waals surface area contributed by atoms with E-state index in [-0.39, 0.29) is 6.61 Å². The molecule has 0 fully saturated rings. The van der Waals surface area contributed by atoms with Crippen LogP contribution in [0.5, 0.6) is 0 Å². The molecule has 74 valence electrons. The third-order valence-corrected chi connectivity index (χ3v) is 2.23. The van der Waals surface area contributed by atoms with Gasteiger partial charge in [0.05, 0.1) is 0 Å². The van der Waals surface area contributed by atoms with Crippen molar-refractivity contribution in [3.63, 3.8) is 0 Å². The monoisotopic (exact) mass is 173 g/mol. The Hall–Kier alpha value is -0.0400. The molecule has 0 aromatic rings. The maximum atomic E-state index is 8.85. The molecule has 0 aromatic heterocycles. The van der Waals surface area contributed by atoms with E-state index in [1.165, 1.54) is 32.1 Å². The molecule has 0 spiro atoms. The van der Waals surface area contributed by atoms with Gasteiger partial charge in [-0.2, -0.15) is 0 Å². The lowest BCUT2D eigenvalue weighted by molar-refractivity contribution is 0.227. The van der Waals surface area contributed by atoms with Gasteiger partial charge in [-0.3, -0.25) is 0 Å². The fourth-order valence-electron chi connectivity index (χ4n) is 1.29. The van der Waals surface area contributed by atoms with Crippen LogP contribution < -0.4 is 0 Å². The summed E-state index contributed by atoms with van der Waals surface area (Å²) in [5, 5.41) is 8.85. The molecule has 0 aromatic carbocycles. The Bertz CT molecular complexity index is 113. The Morgan fingerprint density at radius 1 is 1.17 bits per heavy atom. The highest BCUT2D eigenvalue weighted by Crippen LogP contribution is 2.11. The highest BCUT2D eigenvalue weighted by atomic mass is 16.3. The molecule has 1 nitrogen and oxygen atoms in total. The first-order chi connectivity index (χ1) is 6.12. The van der Waals surface area contributed by atoms with Crippen molar-refractivity contribution in [1.29, 1.82) is 0 Å². The Balaban J connectivity index is 3.16. The van der Waals surface area contributed by atoms with Crippen LogP contribution in [0.2, 0.25) is 0 Å². The van der Waals surface area contributed by atoms with Gasteiger partial charge in [-0.1, -0.05) is 52.4 Å². The van der Waals surface area contributed by atoms with Crippen LogP contribution in [0.1, 0.15) is 60.2 Å². The summed E-state index contributed by atoms with van der Waals surface area (Å²) in [6, 6.07) is 0. The number of hydrogen-bond donors (Lipinski definition) is 1. The standard InChI is InChI=1S/C11H24O/c1-3-4-5-6-7-8-9-11(2)10-12/h11-12H,3-10H2,1-2H3/i11D. The minimum absolute atomic E-state index is 0.0119. The van der Waals surface area contributed by atoms with E-state index in [9.17, 15) is 0 Å². The van der Waals surface area contributed by atoms with Crippen molar-refractivity contribution in [2.45, 2.75) is 58.8 Å². The zero-order valence-corrected chi connectivity index (χ0v) is 8.60. The van der Waals surface area contributed by atoms with Gasteiger partial charge in [-0.05, 0) is 12.3 Å². The fourth-order valence-corrected chi connectivity index (χ4v) is 1.29. The molecule has 0 bridgehead atoms. The highest BCUT2D eigenvalue weighted by molar-refractivity contribution is 4.51. The van der Waals surface area contributed by atoms with Crippen LogP contribution >= 0.6 is 0 Å². The first-order valence-corrected chi connectivity index (χ1v) is 5.23. The summed E-state index contributed by atoms with van der Waals surface area (Å²) in [6.07, 6.45) is 8.36. The second-order valence-corrected chi connectivity index (χ2v) is 3.63. The van der Waals surface area contributed by atoms with Crippen molar-refractivity contribution in [2.75, 3.05) is 6.61 Å². The SMILES string of the molecule is [2H]C(C)(CO)CCCCCCCC. The molecular weight excluding hydrogens is 148 g/mol. The molecule has 0 rings (SSSR count). The maximum absolute atomic E-state index is 8.85. The average molecular weight is 173 g/mol. The molecule has 1 atom stereocenters. The summed E-state index contributed by atoms with van der Waals surface area (Å²) in [5.74, 6) is -0.606. The molecule has 0 radical (unpaired) electrons. The van der Waals surface area contributed by atoms with Crippen LogP contribution in [0.15, 0.2) is 0 Å². The summed E-state index contributed by atoms with van der Waals surface area (Å²) < 4.78 is 7.64. The zero-order chi connectivity index (χ0) is 10.2. The normalized spacial score (nSPS) is 17.1. The fraction of sp³-hybridized carbons (Fsp3) is 1.00. The summed E-state index contributed by atoms with van der Waals surface area (Å²) in [7, 11) is 0. The second-order valence-electron chi connectivity index (χ2n) is 3.63. The molecule has 1 N–H and O–H groups in total. The minimum atomic E-state index is -0.606. The van der Waals surface area contributed by atoms with Gasteiger partial charge in [0.2, 0.25) is 0 Å². The lowest BCUT2D eigenvalue weighted by Crippen LogP contribution is -1.99. The Morgan fingerprint density at radius 2 is 1.75 bits per heavy atom. The van der Waals surface area contributed by atoms with Crippen LogP contribution in [0.25, 0.3) is 0 Å². The number of aliphatic hydroxyl groups is 1. The average Bonchev–Trinajstić information content (AvgIpc) is 2.11. The first-order valence-electron chi connectivity index (χ1n) is 5.73. The summed E-state index contributed by atoms with van der Waals surface area (Å²) in [4.78, 5) is 0. The minimum Gasteiger partial charge on any atom is -0.396 e. The molecule has 1 heteroatoms. The van der Waals surface area contributed by atoms with E-state index in [0.717, 1.165) is 12.8 Å². The molecule has 0 saturated carbocycles. The van der Waals surface area contributed by atoms with E-state index in [1.54, 1.807) is 6.92 Å². The van der Waals surface area contributed by atoms with E-state index in [2.05, 4.69) is 6.92 Å². The van der Waals surface area contributed by atoms with E-state index < -0.39 is 5.89 Å². The van der Waals surface area contributed by atoms with Crippen molar-refractivity contribution >= 4 is 0 Å². The molecule has 1 unspecified atom stereocenters. The van der Waals surface area contributed by atoms with Crippen molar-refractivity contribution in [3.05, 3.63) is 0 Å². The van der Waals surface area contributed by atoms with Crippen molar-refractivity contribution in [3.8, 4) is 0 Å². The van der Waals surface area contributed by atoms with Gasteiger partial charge in [0.25, 0.3) is 0 Å². The van der Waals surface area contributed by atoms with Crippen LogP contribution in [-0.4, -0.2) is 11.7 Å². The molecule has 0 aliphatic carbocycles. The van der Waals surface area contributed by atoms with Gasteiger partial charge < -0.3 is 5.11 Å². The topological polar surface area (TPSA) is 20.2 Å². The molecule has 0 aliphatic rings. The number of hydrogen-bond acceptors (Lipinski definition) is 1. The summed E-state index contributed by atoms with van der Waals surface area (Å²) >= 11 is 0. The zero-order valence-electron chi connectivity index (χ0n) is 9.60. The van der Waals surface area contributed by atoms with Gasteiger partial charge in [0.15, 0.2) is 0 Å². The lowest BCUT2D eigenvalue weighted by Gasteiger charge is -2.06. The van der Waals surface area contributed by atoms with Crippen molar-refractivity contribution in [1.82, 2.24) is 0 Å². The summed E-state index contributed by atoms with van der Waals surface area (Å²) in [5.41, 5.74) is 0. The van der Waals surface area contributed by atoms with Crippen molar-refractivity contribution < 1.29 is 6.48 Å². The van der Waals surface area contributed by atoms with Crippen molar-refractivity contribution in [2.24, 2.45) is 5.89 Å². The lowest BCUT2D eigenvalue weighted by atomic mass is 10.0. The Kier molecular flexibility index (Phi) is 7.58. The van der Waals surface area contributed by atoms with Crippen LogP contribution in [0.4, 0.5) is 0 Å². The largest absolute Gasteiger partial charge is 0.396 e. The second kappa shape index (κ2) is 9.05. The third-order valence-electron chi connectivity index (χ3n) is 2.23. The van der Waals surface area contributed by atoms with Gasteiger partial charge in [-0.25, -0.2) is 0 Å². The molecular formula is C11H24O. The Labute approximate surface area is 78.6 Å². The maximum Gasteiger partial charge on any atom is 0.0456 e. The number of unbranched alkanes of at least 4 members (excludes halogenated alkanes) is 5. The molecule has 0 saturated heterocycles. The predicted octanol–water partition coefficient (Wildman–Crippen LogP) is 3.37. The van der Waals surface area contributed by atoms with Gasteiger partial charge in [-0.15, -0.1) is 0 Å². The van der Waals surface area contributed by atoms with Crippen LogP contribution in [0.3, 0.4) is 0 Å². The molecule has 12 heavy (non-hydrogen) atoms. The molecule has 0 heterocycles. The predicted molar refractivity (Wildman–Crippen MR) is 54.2 cm³/mol. The van der Waals surface area contributed by atoms with Gasteiger partial charge in [0.1, 0.15) is 0 Å². The highest BCUT2D eigenvalue weighted by Gasteiger charge is 1.98. The Morgan fingerprint density at radius 3 is 2.33 bits per heavy atom. The van der Waals surface area contributed by atoms with E-state index in [4.69, 9.17) is 6.48 Å². The molecule has 0 amide bonds. The third kappa shape index (κ3) is 8.06. The van der Waals surface area contributed by atoms with Crippen LogP contribution in [-0.2, 0) is 0 Å². The number of rotatable bonds is 8. The smallest absolute Gasteiger partial charge is 0.0456 e. The van der Waals surface area contributed by atoms with Crippen LogP contribution in [0, 0.1) is 5.89 Å². The van der Waals surface area contributed by atoms with E-state index in [0.29, 0.717) is 0 Å².